The number of rotatable bonds is 2. The highest BCUT2D eigenvalue weighted by atomic mass is 32.2. The van der Waals surface area contributed by atoms with E-state index in [2.05, 4.69) is 55.8 Å². The van der Waals surface area contributed by atoms with Crippen LogP contribution in [0.25, 0.3) is 0 Å². The van der Waals surface area contributed by atoms with E-state index < -0.39 is 0 Å². The number of thioether (sulfide) groups is 1. The predicted molar refractivity (Wildman–Crippen MR) is 92.4 cm³/mol. The zero-order valence-electron chi connectivity index (χ0n) is 13.5. The third-order valence-corrected chi connectivity index (χ3v) is 4.72. The Morgan fingerprint density at radius 2 is 2.14 bits per heavy atom. The average molecular weight is 304 g/mol. The van der Waals surface area contributed by atoms with E-state index in [0.29, 0.717) is 12.0 Å². The van der Waals surface area contributed by atoms with Gasteiger partial charge in [-0.15, -0.1) is 0 Å². The number of nitrogens with zero attached hydrogens (tertiary/aromatic N) is 2. The average Bonchev–Trinajstić information content (AvgIpc) is 2.37. The summed E-state index contributed by atoms with van der Waals surface area (Å²) in [5.74, 6) is 1.33. The molecule has 0 spiro atoms. The molecular formula is C17H24N2OS. The van der Waals surface area contributed by atoms with Gasteiger partial charge in [-0.1, -0.05) is 37.7 Å². The number of amides is 1. The van der Waals surface area contributed by atoms with Gasteiger partial charge in [0.15, 0.2) is 5.17 Å². The second-order valence-corrected chi connectivity index (χ2v) is 7.05. The summed E-state index contributed by atoms with van der Waals surface area (Å²) in [5, 5.41) is 0.841. The number of hydrogen-bond acceptors (Lipinski definition) is 2. The van der Waals surface area contributed by atoms with E-state index in [0.717, 1.165) is 17.3 Å². The van der Waals surface area contributed by atoms with Gasteiger partial charge in [0.2, 0.25) is 5.91 Å². The van der Waals surface area contributed by atoms with Crippen LogP contribution in [0.15, 0.2) is 23.2 Å². The largest absolute Gasteiger partial charge is 0.318 e. The van der Waals surface area contributed by atoms with Crippen molar-refractivity contribution < 1.29 is 4.79 Å². The van der Waals surface area contributed by atoms with Crippen LogP contribution >= 0.6 is 11.8 Å². The Bertz CT molecular complexity index is 566. The maximum atomic E-state index is 11.5. The first-order valence-electron chi connectivity index (χ1n) is 7.52. The van der Waals surface area contributed by atoms with Crippen LogP contribution in [0, 0.1) is 6.92 Å². The third kappa shape index (κ3) is 3.67. The summed E-state index contributed by atoms with van der Waals surface area (Å²) in [6, 6.07) is 6.94. The molecule has 0 radical (unpaired) electrons. The Kier molecular flexibility index (Phi) is 5.09. The maximum Gasteiger partial charge on any atom is 0.244 e. The van der Waals surface area contributed by atoms with Crippen molar-refractivity contribution in [2.45, 2.75) is 53.0 Å². The lowest BCUT2D eigenvalue weighted by Crippen LogP contribution is -2.42. The van der Waals surface area contributed by atoms with Crippen LogP contribution in [-0.4, -0.2) is 22.9 Å². The number of amidine groups is 1. The molecule has 1 saturated heterocycles. The highest BCUT2D eigenvalue weighted by Gasteiger charge is 2.28. The topological polar surface area (TPSA) is 32.7 Å². The number of hydrogen-bond donors (Lipinski definition) is 0. The van der Waals surface area contributed by atoms with Gasteiger partial charge in [-0.25, -0.2) is 0 Å². The smallest absolute Gasteiger partial charge is 0.244 e. The molecule has 3 nitrogen and oxygen atoms in total. The Morgan fingerprint density at radius 1 is 1.43 bits per heavy atom. The first kappa shape index (κ1) is 16.1. The zero-order valence-corrected chi connectivity index (χ0v) is 14.3. The van der Waals surface area contributed by atoms with Crippen LogP contribution in [0.2, 0.25) is 0 Å². The minimum absolute atomic E-state index is 0.129. The number of anilines is 1. The summed E-state index contributed by atoms with van der Waals surface area (Å²) in [4.78, 5) is 17.9. The van der Waals surface area contributed by atoms with E-state index in [1.54, 1.807) is 11.8 Å². The molecule has 0 bridgehead atoms. The lowest BCUT2D eigenvalue weighted by Gasteiger charge is -2.37. The molecule has 0 N–H and O–H groups in total. The fourth-order valence-corrected chi connectivity index (χ4v) is 3.87. The number of carbonyl (C=O) groups is 1. The van der Waals surface area contributed by atoms with Crippen molar-refractivity contribution in [3.8, 4) is 0 Å². The molecule has 114 valence electrons. The standard InChI is InChI=1S/C17H24N2OS/c1-11(2)15-7-6-12(3)10-16(15)19-13(4)8-9-21-17(19)18-14(5)20/h6-7,10-11,13H,8-9H2,1-5H3/b18-17-. The number of benzene rings is 1. The SMILES string of the molecule is CC(=O)/N=C1\SCCC(C)N1c1cc(C)ccc1C(C)C. The Balaban J connectivity index is 2.54. The van der Waals surface area contributed by atoms with E-state index in [9.17, 15) is 4.79 Å². The molecule has 0 aromatic heterocycles. The van der Waals surface area contributed by atoms with Crippen LogP contribution in [0.4, 0.5) is 5.69 Å². The molecule has 1 heterocycles. The highest BCUT2D eigenvalue weighted by Crippen LogP contribution is 2.35. The van der Waals surface area contributed by atoms with Crippen molar-refractivity contribution in [3.05, 3.63) is 29.3 Å². The Hall–Kier alpha value is -1.29. The molecule has 1 aliphatic heterocycles. The molecule has 1 aliphatic rings. The van der Waals surface area contributed by atoms with Crippen molar-refractivity contribution >= 4 is 28.5 Å². The van der Waals surface area contributed by atoms with E-state index in [-0.39, 0.29) is 5.91 Å². The Morgan fingerprint density at radius 3 is 2.76 bits per heavy atom. The maximum absolute atomic E-state index is 11.5. The highest BCUT2D eigenvalue weighted by molar-refractivity contribution is 8.14. The normalized spacial score (nSPS) is 21.1. The molecule has 2 rings (SSSR count). The first-order chi connectivity index (χ1) is 9.90. The van der Waals surface area contributed by atoms with Crippen LogP contribution < -0.4 is 4.90 Å². The van der Waals surface area contributed by atoms with Gasteiger partial charge in [0.25, 0.3) is 0 Å². The summed E-state index contributed by atoms with van der Waals surface area (Å²) in [5.41, 5.74) is 3.75. The summed E-state index contributed by atoms with van der Waals surface area (Å²) >= 11 is 1.68. The predicted octanol–water partition coefficient (Wildman–Crippen LogP) is 4.35. The fraction of sp³-hybridized carbons (Fsp3) is 0.529. The number of aliphatic imine (C=N–C) groups is 1. The van der Waals surface area contributed by atoms with Crippen molar-refractivity contribution in [2.75, 3.05) is 10.7 Å². The molecule has 21 heavy (non-hydrogen) atoms. The quantitative estimate of drug-likeness (QED) is 0.814. The zero-order chi connectivity index (χ0) is 15.6. The third-order valence-electron chi connectivity index (χ3n) is 3.73. The molecule has 1 fully saturated rings. The number of aryl methyl sites for hydroxylation is 1. The molecule has 4 heteroatoms. The van der Waals surface area contributed by atoms with Gasteiger partial charge in [0.05, 0.1) is 0 Å². The van der Waals surface area contributed by atoms with Gasteiger partial charge in [-0.05, 0) is 43.4 Å². The Labute approximate surface area is 131 Å². The van der Waals surface area contributed by atoms with E-state index in [1.807, 2.05) is 0 Å². The van der Waals surface area contributed by atoms with Gasteiger partial charge >= 0.3 is 0 Å². The molecule has 1 unspecified atom stereocenters. The van der Waals surface area contributed by atoms with Crippen molar-refractivity contribution in [1.29, 1.82) is 0 Å². The molecule has 1 atom stereocenters. The second-order valence-electron chi connectivity index (χ2n) is 5.99. The summed E-state index contributed by atoms with van der Waals surface area (Å²) in [6.45, 7) is 10.2. The summed E-state index contributed by atoms with van der Waals surface area (Å²) in [7, 11) is 0. The molecule has 1 aromatic carbocycles. The second kappa shape index (κ2) is 6.65. The monoisotopic (exact) mass is 304 g/mol. The summed E-state index contributed by atoms with van der Waals surface area (Å²) in [6.07, 6.45) is 1.10. The molecule has 0 saturated carbocycles. The van der Waals surface area contributed by atoms with Crippen LogP contribution in [-0.2, 0) is 4.79 Å². The van der Waals surface area contributed by atoms with Crippen molar-refractivity contribution in [1.82, 2.24) is 0 Å². The van der Waals surface area contributed by atoms with Crippen LogP contribution in [0.5, 0.6) is 0 Å². The van der Waals surface area contributed by atoms with Crippen LogP contribution in [0.1, 0.15) is 51.2 Å². The van der Waals surface area contributed by atoms with E-state index in [4.69, 9.17) is 0 Å². The molecule has 0 aliphatic carbocycles. The van der Waals surface area contributed by atoms with Gasteiger partial charge in [-0.2, -0.15) is 4.99 Å². The van der Waals surface area contributed by atoms with Gasteiger partial charge in [-0.3, -0.25) is 4.79 Å². The van der Waals surface area contributed by atoms with E-state index >= 15 is 0 Å². The first-order valence-corrected chi connectivity index (χ1v) is 8.50. The van der Waals surface area contributed by atoms with Crippen molar-refractivity contribution in [3.63, 3.8) is 0 Å². The number of carbonyl (C=O) groups excluding carboxylic acids is 1. The van der Waals surface area contributed by atoms with Crippen molar-refractivity contribution in [2.24, 2.45) is 4.99 Å². The van der Waals surface area contributed by atoms with Gasteiger partial charge < -0.3 is 4.90 Å². The van der Waals surface area contributed by atoms with E-state index in [1.165, 1.54) is 23.7 Å². The molecular weight excluding hydrogens is 280 g/mol. The van der Waals surface area contributed by atoms with Gasteiger partial charge in [0.1, 0.15) is 0 Å². The minimum Gasteiger partial charge on any atom is -0.318 e. The fourth-order valence-electron chi connectivity index (χ4n) is 2.62. The van der Waals surface area contributed by atoms with Gasteiger partial charge in [0, 0.05) is 24.4 Å². The molecule has 1 aromatic rings. The van der Waals surface area contributed by atoms with Crippen LogP contribution in [0.3, 0.4) is 0 Å². The molecule has 1 amide bonds. The lowest BCUT2D eigenvalue weighted by atomic mass is 9.98. The lowest BCUT2D eigenvalue weighted by molar-refractivity contribution is -0.115. The minimum atomic E-state index is -0.129. The summed E-state index contributed by atoms with van der Waals surface area (Å²) < 4.78 is 0.